The molecule has 31 heavy (non-hydrogen) atoms. The predicted molar refractivity (Wildman–Crippen MR) is 115 cm³/mol. The van der Waals surface area contributed by atoms with Crippen LogP contribution in [0.15, 0.2) is 42.9 Å². The van der Waals surface area contributed by atoms with Crippen molar-refractivity contribution >= 4 is 5.82 Å². The van der Waals surface area contributed by atoms with E-state index in [0.29, 0.717) is 18.2 Å². The fourth-order valence-electron chi connectivity index (χ4n) is 3.22. The number of aryl methyl sites for hydroxylation is 3. The predicted octanol–water partition coefficient (Wildman–Crippen LogP) is 2.30. The van der Waals surface area contributed by atoms with Crippen LogP contribution in [0.25, 0.3) is 11.3 Å². The lowest BCUT2D eigenvalue weighted by Crippen LogP contribution is -2.07. The summed E-state index contributed by atoms with van der Waals surface area (Å²) in [6.45, 7) is 3.12. The number of anilines is 1. The van der Waals surface area contributed by atoms with Crippen LogP contribution >= 0.6 is 0 Å². The lowest BCUT2D eigenvalue weighted by molar-refractivity contribution is 0.415. The molecule has 1 aromatic carbocycles. The lowest BCUT2D eigenvalue weighted by Gasteiger charge is -2.04. The van der Waals surface area contributed by atoms with E-state index in [4.69, 9.17) is 10.5 Å². The van der Waals surface area contributed by atoms with Crippen LogP contribution in [0.3, 0.4) is 0 Å². The fraction of sp³-hybridized carbons (Fsp3) is 0.333. The summed E-state index contributed by atoms with van der Waals surface area (Å²) in [7, 11) is 1.65. The molecule has 4 aromatic rings. The molecule has 0 saturated carbocycles. The summed E-state index contributed by atoms with van der Waals surface area (Å²) in [5.41, 5.74) is 9.60. The highest BCUT2D eigenvalue weighted by atomic mass is 16.5. The van der Waals surface area contributed by atoms with Gasteiger partial charge in [-0.15, -0.1) is 10.2 Å². The van der Waals surface area contributed by atoms with Crippen molar-refractivity contribution in [2.75, 3.05) is 12.8 Å². The van der Waals surface area contributed by atoms with Gasteiger partial charge >= 0.3 is 0 Å². The average Bonchev–Trinajstić information content (AvgIpc) is 3.43. The Morgan fingerprint density at radius 1 is 1.00 bits per heavy atom. The molecule has 0 saturated heterocycles. The maximum absolute atomic E-state index is 5.95. The molecule has 160 valence electrons. The molecule has 0 fully saturated rings. The number of hydrogen-bond acceptors (Lipinski definition) is 8. The molecule has 3 aromatic heterocycles. The minimum Gasteiger partial charge on any atom is -0.497 e. The van der Waals surface area contributed by atoms with Crippen molar-refractivity contribution in [2.45, 2.75) is 39.3 Å². The zero-order valence-corrected chi connectivity index (χ0v) is 17.6. The molecule has 0 bridgehead atoms. The molecular weight excluding hydrogens is 394 g/mol. The smallest absolute Gasteiger partial charge is 0.132 e. The van der Waals surface area contributed by atoms with Crippen LogP contribution in [0.2, 0.25) is 0 Å². The zero-order chi connectivity index (χ0) is 21.6. The van der Waals surface area contributed by atoms with Gasteiger partial charge in [0.15, 0.2) is 0 Å². The number of ether oxygens (including phenoxy) is 1. The topological polar surface area (TPSA) is 122 Å². The van der Waals surface area contributed by atoms with E-state index in [1.807, 2.05) is 48.3 Å². The quantitative estimate of drug-likeness (QED) is 0.410. The molecular formula is C21H25N9O. The average molecular weight is 419 g/mol. The van der Waals surface area contributed by atoms with Gasteiger partial charge in [-0.3, -0.25) is 4.68 Å². The molecule has 0 aliphatic heterocycles. The van der Waals surface area contributed by atoms with Crippen molar-refractivity contribution < 1.29 is 4.74 Å². The molecule has 0 radical (unpaired) electrons. The third kappa shape index (κ3) is 5.21. The zero-order valence-electron chi connectivity index (χ0n) is 17.6. The van der Waals surface area contributed by atoms with Gasteiger partial charge in [0, 0.05) is 30.1 Å². The molecule has 0 atom stereocenters. The molecule has 10 heteroatoms. The number of nitrogen functional groups attached to an aromatic ring is 1. The van der Waals surface area contributed by atoms with Gasteiger partial charge in [-0.25, -0.2) is 14.6 Å². The number of hydrogen-bond donors (Lipinski definition) is 1. The monoisotopic (exact) mass is 419 g/mol. The van der Waals surface area contributed by atoms with E-state index in [-0.39, 0.29) is 0 Å². The first-order valence-electron chi connectivity index (χ1n) is 10.1. The van der Waals surface area contributed by atoms with Crippen LogP contribution in [-0.2, 0) is 19.5 Å². The van der Waals surface area contributed by atoms with Gasteiger partial charge in [0.05, 0.1) is 25.5 Å². The Kier molecular flexibility index (Phi) is 6.16. The molecule has 0 spiro atoms. The normalized spacial score (nSPS) is 11.0. The third-order valence-electron chi connectivity index (χ3n) is 4.93. The first-order chi connectivity index (χ1) is 15.1. The van der Waals surface area contributed by atoms with E-state index in [9.17, 15) is 0 Å². The van der Waals surface area contributed by atoms with Crippen molar-refractivity contribution in [3.63, 3.8) is 0 Å². The Balaban J connectivity index is 1.24. The number of rotatable bonds is 9. The number of nitrogens with zero attached hydrogens (tertiary/aromatic N) is 8. The first kappa shape index (κ1) is 20.5. The van der Waals surface area contributed by atoms with E-state index in [2.05, 4.69) is 30.6 Å². The Labute approximate surface area is 180 Å². The molecule has 4 rings (SSSR count). The second kappa shape index (κ2) is 9.33. The van der Waals surface area contributed by atoms with Gasteiger partial charge in [0.2, 0.25) is 0 Å². The molecule has 0 aliphatic rings. The summed E-state index contributed by atoms with van der Waals surface area (Å²) >= 11 is 0. The maximum Gasteiger partial charge on any atom is 0.132 e. The van der Waals surface area contributed by atoms with Gasteiger partial charge < -0.3 is 10.5 Å². The number of methoxy groups -OCH3 is 1. The van der Waals surface area contributed by atoms with Gasteiger partial charge in [-0.2, -0.15) is 0 Å². The summed E-state index contributed by atoms with van der Waals surface area (Å²) in [6, 6.07) is 7.79. The maximum atomic E-state index is 5.95. The van der Waals surface area contributed by atoms with Crippen LogP contribution < -0.4 is 10.5 Å². The van der Waals surface area contributed by atoms with Crippen LogP contribution in [0, 0.1) is 6.92 Å². The lowest BCUT2D eigenvalue weighted by atomic mass is 10.1. The number of nitrogens with two attached hydrogens (primary N) is 1. The number of benzene rings is 1. The van der Waals surface area contributed by atoms with Gasteiger partial charge in [-0.1, -0.05) is 10.4 Å². The summed E-state index contributed by atoms with van der Waals surface area (Å²) in [6.07, 6.45) is 8.43. The SMILES string of the molecule is COc1ccc(-c2cn(CCCCc3cn(Cc4cnc(C)nc4N)nn3)nn2)cc1. The van der Waals surface area contributed by atoms with Gasteiger partial charge in [0.25, 0.3) is 0 Å². The van der Waals surface area contributed by atoms with Crippen molar-refractivity contribution in [3.05, 3.63) is 59.9 Å². The molecule has 0 amide bonds. The fourth-order valence-corrected chi connectivity index (χ4v) is 3.22. The second-order valence-corrected chi connectivity index (χ2v) is 7.29. The largest absolute Gasteiger partial charge is 0.497 e. The van der Waals surface area contributed by atoms with E-state index < -0.39 is 0 Å². The Bertz CT molecular complexity index is 1130. The number of unbranched alkanes of at least 4 members (excludes halogenated alkanes) is 1. The molecule has 2 N–H and O–H groups in total. The van der Waals surface area contributed by atoms with E-state index >= 15 is 0 Å². The summed E-state index contributed by atoms with van der Waals surface area (Å²) < 4.78 is 8.82. The highest BCUT2D eigenvalue weighted by Gasteiger charge is 2.07. The van der Waals surface area contributed by atoms with E-state index in [1.54, 1.807) is 18.0 Å². The highest BCUT2D eigenvalue weighted by Crippen LogP contribution is 2.20. The Hall–Kier alpha value is -3.82. The van der Waals surface area contributed by atoms with Crippen molar-refractivity contribution in [1.82, 2.24) is 40.0 Å². The van der Waals surface area contributed by atoms with Crippen molar-refractivity contribution in [1.29, 1.82) is 0 Å². The molecule has 3 heterocycles. The molecule has 0 unspecified atom stereocenters. The van der Waals surface area contributed by atoms with Crippen LogP contribution in [0.4, 0.5) is 5.82 Å². The van der Waals surface area contributed by atoms with Crippen molar-refractivity contribution in [3.8, 4) is 17.0 Å². The van der Waals surface area contributed by atoms with Gasteiger partial charge in [0.1, 0.15) is 23.1 Å². The standard InChI is InChI=1S/C21H25N9O/c1-15-23-11-17(21(22)24-15)12-30-13-18(25-27-30)5-3-4-10-29-14-20(26-28-29)16-6-8-19(31-2)9-7-16/h6-9,11,13-14H,3-5,10,12H2,1-2H3,(H2,22,23,24). The minimum absolute atomic E-state index is 0.478. The van der Waals surface area contributed by atoms with E-state index in [0.717, 1.165) is 54.1 Å². The second-order valence-electron chi connectivity index (χ2n) is 7.29. The first-order valence-corrected chi connectivity index (χ1v) is 10.1. The van der Waals surface area contributed by atoms with Crippen LogP contribution in [-0.4, -0.2) is 47.1 Å². The Morgan fingerprint density at radius 2 is 1.81 bits per heavy atom. The highest BCUT2D eigenvalue weighted by molar-refractivity contribution is 5.58. The summed E-state index contributed by atoms with van der Waals surface area (Å²) in [5.74, 6) is 1.96. The number of aromatic nitrogens is 8. The summed E-state index contributed by atoms with van der Waals surface area (Å²) in [5, 5.41) is 16.9. The Morgan fingerprint density at radius 3 is 2.58 bits per heavy atom. The summed E-state index contributed by atoms with van der Waals surface area (Å²) in [4.78, 5) is 8.37. The van der Waals surface area contributed by atoms with Crippen LogP contribution in [0.5, 0.6) is 5.75 Å². The van der Waals surface area contributed by atoms with E-state index in [1.165, 1.54) is 0 Å². The van der Waals surface area contributed by atoms with Crippen LogP contribution in [0.1, 0.15) is 29.9 Å². The molecule has 10 nitrogen and oxygen atoms in total. The third-order valence-corrected chi connectivity index (χ3v) is 4.93. The van der Waals surface area contributed by atoms with Gasteiger partial charge in [-0.05, 0) is 50.5 Å². The minimum atomic E-state index is 0.478. The molecule has 0 aliphatic carbocycles. The van der Waals surface area contributed by atoms with Crippen molar-refractivity contribution in [2.24, 2.45) is 0 Å².